The molecule has 4 heterocycles. The van der Waals surface area contributed by atoms with E-state index in [9.17, 15) is 0 Å². The van der Waals surface area contributed by atoms with E-state index in [1.54, 1.807) is 0 Å². The summed E-state index contributed by atoms with van der Waals surface area (Å²) in [4.78, 5) is 15.5. The number of hydrogen-bond acceptors (Lipinski definition) is 5. The van der Waals surface area contributed by atoms with E-state index in [1.807, 2.05) is 72.8 Å². The van der Waals surface area contributed by atoms with Crippen molar-refractivity contribution in [3.8, 4) is 34.2 Å². The fourth-order valence-electron chi connectivity index (χ4n) is 6.65. The van der Waals surface area contributed by atoms with Gasteiger partial charge in [0.2, 0.25) is 5.89 Å². The molecule has 4 aromatic heterocycles. The van der Waals surface area contributed by atoms with E-state index in [-0.39, 0.29) is 0 Å². The Bertz CT molecular complexity index is 2820. The highest BCUT2D eigenvalue weighted by Crippen LogP contribution is 2.35. The van der Waals surface area contributed by atoms with Gasteiger partial charge in [0, 0.05) is 21.7 Å². The van der Waals surface area contributed by atoms with Crippen LogP contribution in [0, 0.1) is 0 Å². The van der Waals surface area contributed by atoms with Gasteiger partial charge >= 0.3 is 5.82 Å². The number of para-hydroxylation sites is 3. The number of fused-ring (bicyclic) bond motifs is 10. The molecule has 0 N–H and O–H groups in total. The molecular weight excluding hydrogens is 568 g/mol. The van der Waals surface area contributed by atoms with Gasteiger partial charge in [0.25, 0.3) is 11.5 Å². The normalized spacial score (nSPS) is 11.9. The molecule has 6 heteroatoms. The van der Waals surface area contributed by atoms with Gasteiger partial charge in [0.1, 0.15) is 22.2 Å². The molecule has 0 radical (unpaired) electrons. The summed E-state index contributed by atoms with van der Waals surface area (Å²) in [6, 6.07) is 47.1. The van der Waals surface area contributed by atoms with Gasteiger partial charge in [-0.3, -0.25) is 0 Å². The maximum absolute atomic E-state index is 6.53. The first-order valence-corrected chi connectivity index (χ1v) is 15.2. The quantitative estimate of drug-likeness (QED) is 0.151. The summed E-state index contributed by atoms with van der Waals surface area (Å²) in [5.41, 5.74) is 7.60. The number of rotatable bonds is 3. The number of aromatic nitrogens is 4. The summed E-state index contributed by atoms with van der Waals surface area (Å²) in [6.07, 6.45) is 0. The van der Waals surface area contributed by atoms with Crippen molar-refractivity contribution in [2.45, 2.75) is 0 Å². The molecule has 0 saturated carbocycles. The molecule has 0 unspecified atom stereocenters. The molecule has 10 aromatic rings. The van der Waals surface area contributed by atoms with Crippen molar-refractivity contribution in [3.63, 3.8) is 0 Å². The minimum Gasteiger partial charge on any atom is -0.456 e. The second kappa shape index (κ2) is 9.55. The van der Waals surface area contributed by atoms with Gasteiger partial charge in [-0.05, 0) is 66.0 Å². The zero-order valence-corrected chi connectivity index (χ0v) is 24.4. The summed E-state index contributed by atoms with van der Waals surface area (Å²) >= 11 is 0. The van der Waals surface area contributed by atoms with Crippen LogP contribution in [-0.4, -0.2) is 15.0 Å². The molecule has 0 spiro atoms. The molecule has 0 aliphatic rings. The zero-order valence-electron chi connectivity index (χ0n) is 24.4. The van der Waals surface area contributed by atoms with Gasteiger partial charge in [-0.1, -0.05) is 88.8 Å². The van der Waals surface area contributed by atoms with Crippen LogP contribution in [0.2, 0.25) is 0 Å². The third-order valence-electron chi connectivity index (χ3n) is 8.76. The number of benzene rings is 6. The molecule has 0 saturated heterocycles. The topological polar surface area (TPSA) is 69.1 Å². The molecule has 10 rings (SSSR count). The number of nitrogens with zero attached hydrogens (tertiary/aromatic N) is 4. The number of furan rings is 1. The van der Waals surface area contributed by atoms with Crippen molar-refractivity contribution >= 4 is 60.4 Å². The lowest BCUT2D eigenvalue weighted by Gasteiger charge is -2.10. The van der Waals surface area contributed by atoms with E-state index in [1.165, 1.54) is 0 Å². The molecule has 0 fully saturated rings. The molecule has 214 valence electrons. The average Bonchev–Trinajstić information content (AvgIpc) is 3.73. The van der Waals surface area contributed by atoms with E-state index in [0.29, 0.717) is 17.3 Å². The van der Waals surface area contributed by atoms with Crippen molar-refractivity contribution in [3.05, 3.63) is 140 Å². The van der Waals surface area contributed by atoms with Crippen molar-refractivity contribution in [1.29, 1.82) is 0 Å². The smallest absolute Gasteiger partial charge is 0.308 e. The van der Waals surface area contributed by atoms with E-state index in [2.05, 4.69) is 71.1 Å². The average molecular weight is 592 g/mol. The molecule has 46 heavy (non-hydrogen) atoms. The SMILES string of the molecule is c1ccc(-c2nc3cccc(-c4nc(-c5ccc6oc7ccccc7c6c5)nc5c6ccccc6c6ccccc6[n+]45)c3o2)cc1. The van der Waals surface area contributed by atoms with Crippen molar-refractivity contribution < 1.29 is 13.2 Å². The Kier molecular flexibility index (Phi) is 5.19. The second-order valence-electron chi connectivity index (χ2n) is 11.4. The van der Waals surface area contributed by atoms with E-state index < -0.39 is 0 Å². The Labute approximate surface area is 261 Å². The Morgan fingerprint density at radius 2 is 1.22 bits per heavy atom. The molecule has 0 atom stereocenters. The second-order valence-corrected chi connectivity index (χ2v) is 11.4. The van der Waals surface area contributed by atoms with Crippen LogP contribution in [0.5, 0.6) is 0 Å². The Morgan fingerprint density at radius 3 is 2.11 bits per heavy atom. The van der Waals surface area contributed by atoms with E-state index >= 15 is 0 Å². The molecule has 0 bridgehead atoms. The van der Waals surface area contributed by atoms with Crippen LogP contribution in [-0.2, 0) is 0 Å². The first-order chi connectivity index (χ1) is 22.8. The Morgan fingerprint density at radius 1 is 0.478 bits per heavy atom. The molecule has 6 aromatic carbocycles. The molecule has 0 aliphatic heterocycles. The predicted octanol–water partition coefficient (Wildman–Crippen LogP) is 9.56. The standard InChI is InChI=1S/C40H23N4O2/c1-2-11-24(12-3-1)40-41-32-18-10-17-30(36(32)46-40)39-43-37(25-21-22-35-31(23-25)28-15-7-9-20-34(28)45-35)42-38-29-16-5-4-13-26(29)27-14-6-8-19-33(27)44(38)39/h1-23H/q+1. The van der Waals surface area contributed by atoms with Gasteiger partial charge in [-0.2, -0.15) is 4.40 Å². The highest BCUT2D eigenvalue weighted by Gasteiger charge is 2.27. The summed E-state index contributed by atoms with van der Waals surface area (Å²) in [5.74, 6) is 1.90. The number of oxazole rings is 1. The third-order valence-corrected chi connectivity index (χ3v) is 8.76. The molecule has 6 nitrogen and oxygen atoms in total. The monoisotopic (exact) mass is 591 g/mol. The minimum atomic E-state index is 0.569. The van der Waals surface area contributed by atoms with Crippen LogP contribution in [0.3, 0.4) is 0 Å². The lowest BCUT2D eigenvalue weighted by atomic mass is 10.0. The van der Waals surface area contributed by atoms with Crippen LogP contribution >= 0.6 is 0 Å². The van der Waals surface area contributed by atoms with Gasteiger partial charge in [-0.25, -0.2) is 4.98 Å². The first kappa shape index (κ1) is 25.0. The summed E-state index contributed by atoms with van der Waals surface area (Å²) in [5, 5.41) is 5.38. The maximum atomic E-state index is 6.53. The lowest BCUT2D eigenvalue weighted by molar-refractivity contribution is -0.474. The fourth-order valence-corrected chi connectivity index (χ4v) is 6.65. The predicted molar refractivity (Wildman–Crippen MR) is 181 cm³/mol. The van der Waals surface area contributed by atoms with Gasteiger partial charge in [0.15, 0.2) is 5.58 Å². The highest BCUT2D eigenvalue weighted by atomic mass is 16.3. The highest BCUT2D eigenvalue weighted by molar-refractivity contribution is 6.09. The van der Waals surface area contributed by atoms with E-state index in [4.69, 9.17) is 23.8 Å². The Hall–Kier alpha value is -6.40. The number of hydrogen-bond donors (Lipinski definition) is 0. The molecular formula is C40H23N4O2+. The van der Waals surface area contributed by atoms with Crippen LogP contribution in [0.15, 0.2) is 148 Å². The van der Waals surface area contributed by atoms with Gasteiger partial charge in [-0.15, -0.1) is 0 Å². The zero-order chi connectivity index (χ0) is 30.2. The number of pyridine rings is 1. The summed E-state index contributed by atoms with van der Waals surface area (Å²) in [7, 11) is 0. The summed E-state index contributed by atoms with van der Waals surface area (Å²) < 4.78 is 14.8. The van der Waals surface area contributed by atoms with Gasteiger partial charge < -0.3 is 8.83 Å². The van der Waals surface area contributed by atoms with Crippen molar-refractivity contribution in [2.24, 2.45) is 0 Å². The van der Waals surface area contributed by atoms with Crippen LogP contribution in [0.25, 0.3) is 94.6 Å². The largest absolute Gasteiger partial charge is 0.456 e. The van der Waals surface area contributed by atoms with Crippen LogP contribution < -0.4 is 4.40 Å². The molecule has 0 amide bonds. The lowest BCUT2D eigenvalue weighted by Crippen LogP contribution is -2.30. The van der Waals surface area contributed by atoms with Crippen LogP contribution in [0.4, 0.5) is 0 Å². The maximum Gasteiger partial charge on any atom is 0.308 e. The first-order valence-electron chi connectivity index (χ1n) is 15.2. The third kappa shape index (κ3) is 3.64. The van der Waals surface area contributed by atoms with Crippen molar-refractivity contribution in [2.75, 3.05) is 0 Å². The fraction of sp³-hybridized carbons (Fsp3) is 0. The van der Waals surface area contributed by atoms with E-state index in [0.717, 1.165) is 77.3 Å². The van der Waals surface area contributed by atoms with Crippen molar-refractivity contribution in [1.82, 2.24) is 15.0 Å². The Balaban J connectivity index is 1.33. The van der Waals surface area contributed by atoms with Crippen LogP contribution in [0.1, 0.15) is 0 Å². The molecule has 0 aliphatic carbocycles. The summed E-state index contributed by atoms with van der Waals surface area (Å²) in [6.45, 7) is 0. The minimum absolute atomic E-state index is 0.569. The van der Waals surface area contributed by atoms with Gasteiger partial charge in [0.05, 0.1) is 16.5 Å².